The second-order valence-electron chi connectivity index (χ2n) is 6.18. The smallest absolute Gasteiger partial charge is 0.337 e. The molecule has 0 aliphatic heterocycles. The van der Waals surface area contributed by atoms with E-state index in [1.807, 2.05) is 42.5 Å². The maximum absolute atomic E-state index is 12.8. The van der Waals surface area contributed by atoms with E-state index in [9.17, 15) is 9.59 Å². The molecule has 0 fully saturated rings. The van der Waals surface area contributed by atoms with Crippen molar-refractivity contribution in [3.05, 3.63) is 71.3 Å². The number of ether oxygens (including phenoxy) is 1. The fourth-order valence-electron chi connectivity index (χ4n) is 2.81. The van der Waals surface area contributed by atoms with Crippen molar-refractivity contribution in [3.63, 3.8) is 0 Å². The fourth-order valence-corrected chi connectivity index (χ4v) is 2.81. The van der Waals surface area contributed by atoms with Crippen molar-refractivity contribution in [2.45, 2.75) is 32.7 Å². The molecule has 4 nitrogen and oxygen atoms in total. The first-order valence-corrected chi connectivity index (χ1v) is 8.56. The van der Waals surface area contributed by atoms with Crippen LogP contribution in [0, 0.1) is 5.92 Å². The summed E-state index contributed by atoms with van der Waals surface area (Å²) in [7, 11) is 1.36. The number of hydrogen-bond acceptors (Lipinski definition) is 3. The van der Waals surface area contributed by atoms with Crippen LogP contribution < -0.4 is 5.32 Å². The van der Waals surface area contributed by atoms with Gasteiger partial charge in [0.05, 0.1) is 18.6 Å². The van der Waals surface area contributed by atoms with Gasteiger partial charge in [-0.25, -0.2) is 4.79 Å². The van der Waals surface area contributed by atoms with Crippen LogP contribution in [0.2, 0.25) is 0 Å². The van der Waals surface area contributed by atoms with E-state index in [4.69, 9.17) is 0 Å². The third kappa shape index (κ3) is 4.92. The topological polar surface area (TPSA) is 55.4 Å². The first kappa shape index (κ1) is 18.7. The monoisotopic (exact) mass is 339 g/mol. The third-order valence-electron chi connectivity index (χ3n) is 4.50. The molecule has 4 heteroatoms. The molecule has 0 unspecified atom stereocenters. The number of amides is 1. The van der Waals surface area contributed by atoms with Gasteiger partial charge in [0.15, 0.2) is 0 Å². The fraction of sp³-hybridized carbons (Fsp3) is 0.333. The molecule has 0 heterocycles. The summed E-state index contributed by atoms with van der Waals surface area (Å²) in [5.41, 5.74) is 2.48. The lowest BCUT2D eigenvalue weighted by molar-refractivity contribution is -0.123. The molecule has 0 spiro atoms. The summed E-state index contributed by atoms with van der Waals surface area (Å²) in [6, 6.07) is 16.9. The van der Waals surface area contributed by atoms with Gasteiger partial charge >= 0.3 is 5.97 Å². The standard InChI is InChI=1S/C21H25NO3/c1-4-15(2)19(17-8-6-5-7-9-17)20(23)22-14-16-10-12-18(13-11-16)21(24)25-3/h5-13,15,19H,4,14H2,1-3H3,(H,22,23)/t15-,19+/m0/s1. The van der Waals surface area contributed by atoms with E-state index in [0.29, 0.717) is 12.1 Å². The zero-order valence-corrected chi connectivity index (χ0v) is 15.0. The number of hydrogen-bond donors (Lipinski definition) is 1. The van der Waals surface area contributed by atoms with Crippen LogP contribution in [0.1, 0.15) is 47.7 Å². The van der Waals surface area contributed by atoms with Gasteiger partial charge in [-0.2, -0.15) is 0 Å². The van der Waals surface area contributed by atoms with E-state index in [1.54, 1.807) is 12.1 Å². The minimum absolute atomic E-state index is 0.0256. The Labute approximate surface area is 149 Å². The molecule has 2 atom stereocenters. The minimum Gasteiger partial charge on any atom is -0.465 e. The summed E-state index contributed by atoms with van der Waals surface area (Å²) >= 11 is 0. The lowest BCUT2D eigenvalue weighted by atomic mass is 9.85. The largest absolute Gasteiger partial charge is 0.465 e. The molecule has 0 aliphatic rings. The minimum atomic E-state index is -0.364. The molecular weight excluding hydrogens is 314 g/mol. The average Bonchev–Trinajstić information content (AvgIpc) is 2.67. The second kappa shape index (κ2) is 9.02. The Morgan fingerprint density at radius 2 is 1.68 bits per heavy atom. The van der Waals surface area contributed by atoms with Gasteiger partial charge in [-0.05, 0) is 29.2 Å². The number of esters is 1. The summed E-state index contributed by atoms with van der Waals surface area (Å²) in [5.74, 6) is -0.251. The average molecular weight is 339 g/mol. The first-order chi connectivity index (χ1) is 12.1. The van der Waals surface area contributed by atoms with Gasteiger partial charge in [-0.3, -0.25) is 4.79 Å². The zero-order chi connectivity index (χ0) is 18.2. The van der Waals surface area contributed by atoms with Gasteiger partial charge in [0.1, 0.15) is 0 Å². The Morgan fingerprint density at radius 3 is 2.24 bits per heavy atom. The summed E-state index contributed by atoms with van der Waals surface area (Å²) in [5, 5.41) is 3.02. The molecule has 2 aromatic carbocycles. The Morgan fingerprint density at radius 1 is 1.04 bits per heavy atom. The van der Waals surface area contributed by atoms with Crippen LogP contribution >= 0.6 is 0 Å². The predicted molar refractivity (Wildman–Crippen MR) is 98.3 cm³/mol. The highest BCUT2D eigenvalue weighted by Gasteiger charge is 2.25. The van der Waals surface area contributed by atoms with E-state index >= 15 is 0 Å². The molecule has 2 aromatic rings. The number of nitrogens with one attached hydrogen (secondary N) is 1. The Bertz CT molecular complexity index is 695. The van der Waals surface area contributed by atoms with E-state index < -0.39 is 0 Å². The summed E-state index contributed by atoms with van der Waals surface area (Å²) in [6.07, 6.45) is 0.931. The molecule has 25 heavy (non-hydrogen) atoms. The predicted octanol–water partition coefficient (Wildman–Crippen LogP) is 3.92. The van der Waals surface area contributed by atoms with Crippen molar-refractivity contribution < 1.29 is 14.3 Å². The number of carbonyl (C=O) groups is 2. The molecule has 1 N–H and O–H groups in total. The molecule has 0 bridgehead atoms. The van der Waals surface area contributed by atoms with Crippen LogP contribution in [-0.2, 0) is 16.1 Å². The third-order valence-corrected chi connectivity index (χ3v) is 4.50. The lowest BCUT2D eigenvalue weighted by Gasteiger charge is -2.23. The van der Waals surface area contributed by atoms with E-state index in [2.05, 4.69) is 23.9 Å². The zero-order valence-electron chi connectivity index (χ0n) is 15.0. The summed E-state index contributed by atoms with van der Waals surface area (Å²) < 4.78 is 4.68. The molecule has 1 amide bonds. The number of carbonyl (C=O) groups excluding carboxylic acids is 2. The maximum Gasteiger partial charge on any atom is 0.337 e. The Hall–Kier alpha value is -2.62. The van der Waals surface area contributed by atoms with Crippen molar-refractivity contribution in [2.24, 2.45) is 5.92 Å². The molecule has 0 aromatic heterocycles. The Kier molecular flexibility index (Phi) is 6.75. The van der Waals surface area contributed by atoms with Gasteiger partial charge in [-0.15, -0.1) is 0 Å². The highest BCUT2D eigenvalue weighted by molar-refractivity contribution is 5.89. The maximum atomic E-state index is 12.8. The highest BCUT2D eigenvalue weighted by atomic mass is 16.5. The van der Waals surface area contributed by atoms with Gasteiger partial charge < -0.3 is 10.1 Å². The molecule has 132 valence electrons. The molecule has 0 radical (unpaired) electrons. The normalized spacial score (nSPS) is 12.9. The summed E-state index contributed by atoms with van der Waals surface area (Å²) in [4.78, 5) is 24.2. The van der Waals surface area contributed by atoms with Gasteiger partial charge in [-0.1, -0.05) is 62.7 Å². The van der Waals surface area contributed by atoms with Crippen molar-refractivity contribution in [1.29, 1.82) is 0 Å². The van der Waals surface area contributed by atoms with Crippen LogP contribution in [0.25, 0.3) is 0 Å². The van der Waals surface area contributed by atoms with Crippen molar-refractivity contribution in [3.8, 4) is 0 Å². The quantitative estimate of drug-likeness (QED) is 0.778. The second-order valence-corrected chi connectivity index (χ2v) is 6.18. The summed E-state index contributed by atoms with van der Waals surface area (Å²) in [6.45, 7) is 4.63. The van der Waals surface area contributed by atoms with Crippen LogP contribution in [0.4, 0.5) is 0 Å². The van der Waals surface area contributed by atoms with Crippen molar-refractivity contribution in [2.75, 3.05) is 7.11 Å². The van der Waals surface area contributed by atoms with Gasteiger partial charge in [0.2, 0.25) is 5.91 Å². The number of methoxy groups -OCH3 is 1. The van der Waals surface area contributed by atoms with Gasteiger partial charge in [0.25, 0.3) is 0 Å². The lowest BCUT2D eigenvalue weighted by Crippen LogP contribution is -2.32. The SMILES string of the molecule is CC[C@H](C)[C@@H](C(=O)NCc1ccc(C(=O)OC)cc1)c1ccccc1. The number of rotatable bonds is 7. The molecule has 0 saturated heterocycles. The van der Waals surface area contributed by atoms with Crippen LogP contribution in [-0.4, -0.2) is 19.0 Å². The van der Waals surface area contributed by atoms with E-state index in [0.717, 1.165) is 17.5 Å². The molecule has 2 rings (SSSR count). The van der Waals surface area contributed by atoms with Crippen molar-refractivity contribution in [1.82, 2.24) is 5.32 Å². The van der Waals surface area contributed by atoms with Crippen molar-refractivity contribution >= 4 is 11.9 Å². The van der Waals surface area contributed by atoms with Crippen LogP contribution in [0.3, 0.4) is 0 Å². The highest BCUT2D eigenvalue weighted by Crippen LogP contribution is 2.27. The van der Waals surface area contributed by atoms with E-state index in [1.165, 1.54) is 7.11 Å². The first-order valence-electron chi connectivity index (χ1n) is 8.56. The van der Waals surface area contributed by atoms with Crippen LogP contribution in [0.5, 0.6) is 0 Å². The number of benzene rings is 2. The van der Waals surface area contributed by atoms with E-state index in [-0.39, 0.29) is 23.7 Å². The Balaban J connectivity index is 2.05. The molecule has 0 aliphatic carbocycles. The molecular formula is C21H25NO3. The molecule has 0 saturated carbocycles. The van der Waals surface area contributed by atoms with Crippen LogP contribution in [0.15, 0.2) is 54.6 Å². The van der Waals surface area contributed by atoms with Gasteiger partial charge in [0, 0.05) is 6.54 Å².